The lowest BCUT2D eigenvalue weighted by Gasteiger charge is -2.22. The van der Waals surface area contributed by atoms with Crippen molar-refractivity contribution in [1.82, 2.24) is 20.2 Å². The predicted molar refractivity (Wildman–Crippen MR) is 138 cm³/mol. The number of nitrogens with one attached hydrogen (secondary N) is 1. The molecule has 7 nitrogen and oxygen atoms in total. The number of fused-ring (bicyclic) bond motifs is 1. The molecule has 1 N–H and O–H groups in total. The fourth-order valence-electron chi connectivity index (χ4n) is 3.87. The van der Waals surface area contributed by atoms with E-state index in [0.29, 0.717) is 18.7 Å². The van der Waals surface area contributed by atoms with E-state index < -0.39 is 0 Å². The van der Waals surface area contributed by atoms with Crippen LogP contribution in [0.25, 0.3) is 0 Å². The van der Waals surface area contributed by atoms with E-state index in [1.807, 2.05) is 36.2 Å². The minimum Gasteiger partial charge on any atom is -0.485 e. The second kappa shape index (κ2) is 12.0. The Bertz CT molecular complexity index is 1010. The first-order chi connectivity index (χ1) is 15.7. The van der Waals surface area contributed by atoms with Gasteiger partial charge in [-0.25, -0.2) is 9.97 Å². The summed E-state index contributed by atoms with van der Waals surface area (Å²) >= 11 is 1.71. The molecule has 176 valence electrons. The molecule has 2 aromatic heterocycles. The third kappa shape index (κ3) is 6.04. The van der Waals surface area contributed by atoms with Crippen molar-refractivity contribution in [2.24, 2.45) is 0 Å². The first-order valence-electron chi connectivity index (χ1n) is 11.0. The predicted octanol–water partition coefficient (Wildman–Crippen LogP) is 3.86. The highest BCUT2D eigenvalue weighted by molar-refractivity contribution is 7.59. The van der Waals surface area contributed by atoms with Crippen LogP contribution in [0.4, 0.5) is 5.82 Å². The number of amides is 1. The molecule has 33 heavy (non-hydrogen) atoms. The normalized spacial score (nSPS) is 14.3. The van der Waals surface area contributed by atoms with E-state index in [4.69, 9.17) is 4.74 Å². The van der Waals surface area contributed by atoms with Gasteiger partial charge in [0.2, 0.25) is 0 Å². The number of carbonyl (C=O) groups excluding carboxylic acids is 1. The van der Waals surface area contributed by atoms with Gasteiger partial charge in [0.05, 0.1) is 0 Å². The van der Waals surface area contributed by atoms with Crippen LogP contribution in [0.15, 0.2) is 54.3 Å². The largest absolute Gasteiger partial charge is 0.485 e. The number of ether oxygens (including phenoxy) is 1. The molecule has 4 rings (SSSR count). The molecule has 0 saturated carbocycles. The van der Waals surface area contributed by atoms with Gasteiger partial charge in [-0.2, -0.15) is 13.5 Å². The highest BCUT2D eigenvalue weighted by atomic mass is 32.1. The van der Waals surface area contributed by atoms with Gasteiger partial charge in [-0.3, -0.25) is 4.79 Å². The third-order valence-electron chi connectivity index (χ3n) is 5.62. The smallest absolute Gasteiger partial charge is 0.259 e. The standard InChI is InChI=1S/C24H29N5O2S.H2S/c1-3-28-12-13-29(24(30)20-15-26-17-27-23(20)28)16-18-6-8-19(9-7-18)31-21(10-11-25-2)22-5-4-14-32-22;/h4-9,14-15,17,21,25H,3,10-13,16H2,1-2H3;1H2/t21-;/m0./s1. The number of anilines is 1. The molecule has 0 aliphatic carbocycles. The van der Waals surface area contributed by atoms with Crippen molar-refractivity contribution >= 4 is 36.6 Å². The molecule has 3 aromatic rings. The molecule has 0 saturated heterocycles. The lowest BCUT2D eigenvalue weighted by atomic mass is 10.1. The van der Waals surface area contributed by atoms with Gasteiger partial charge < -0.3 is 19.9 Å². The minimum atomic E-state index is -0.0262. The number of aromatic nitrogens is 2. The molecule has 1 aliphatic rings. The summed E-state index contributed by atoms with van der Waals surface area (Å²) in [5, 5.41) is 5.28. The molecule has 0 fully saturated rings. The van der Waals surface area contributed by atoms with Crippen molar-refractivity contribution in [3.8, 4) is 5.75 Å². The van der Waals surface area contributed by atoms with E-state index in [1.54, 1.807) is 17.5 Å². The Morgan fingerprint density at radius 2 is 1.97 bits per heavy atom. The average molecular weight is 486 g/mol. The highest BCUT2D eigenvalue weighted by Crippen LogP contribution is 2.28. The molecule has 1 atom stereocenters. The molecular weight excluding hydrogens is 454 g/mol. The average Bonchev–Trinajstić information content (AvgIpc) is 3.33. The summed E-state index contributed by atoms with van der Waals surface area (Å²) in [7, 11) is 1.95. The van der Waals surface area contributed by atoms with Crippen molar-refractivity contribution in [3.63, 3.8) is 0 Å². The van der Waals surface area contributed by atoms with Gasteiger partial charge >= 0.3 is 0 Å². The maximum Gasteiger partial charge on any atom is 0.259 e. The van der Waals surface area contributed by atoms with Crippen LogP contribution in [0.2, 0.25) is 0 Å². The summed E-state index contributed by atoms with van der Waals surface area (Å²) in [5.41, 5.74) is 1.63. The van der Waals surface area contributed by atoms with Crippen LogP contribution in [-0.4, -0.2) is 54.0 Å². The summed E-state index contributed by atoms with van der Waals surface area (Å²) in [6.07, 6.45) is 4.05. The Kier molecular flexibility index (Phi) is 9.11. The molecule has 0 spiro atoms. The third-order valence-corrected chi connectivity index (χ3v) is 6.59. The first kappa shape index (κ1) is 25.0. The van der Waals surface area contributed by atoms with E-state index in [1.165, 1.54) is 11.2 Å². The number of thiophene rings is 1. The monoisotopic (exact) mass is 485 g/mol. The first-order valence-corrected chi connectivity index (χ1v) is 11.9. The van der Waals surface area contributed by atoms with Crippen LogP contribution in [-0.2, 0) is 6.54 Å². The minimum absolute atomic E-state index is 0. The lowest BCUT2D eigenvalue weighted by Crippen LogP contribution is -2.34. The Hall–Kier alpha value is -2.62. The number of nitrogens with zero attached hydrogens (tertiary/aromatic N) is 4. The second-order valence-electron chi connectivity index (χ2n) is 7.72. The zero-order valence-electron chi connectivity index (χ0n) is 19.0. The van der Waals surface area contributed by atoms with Gasteiger partial charge in [0.25, 0.3) is 5.91 Å². The SMILES string of the molecule is CCN1CCN(Cc2ccc(O[C@@H](CCNC)c3cccs3)cc2)C(=O)c2cncnc21.S. The molecule has 1 aliphatic heterocycles. The van der Waals surface area contributed by atoms with Crippen molar-refractivity contribution in [1.29, 1.82) is 0 Å². The van der Waals surface area contributed by atoms with Gasteiger partial charge in [-0.15, -0.1) is 11.3 Å². The molecule has 0 bridgehead atoms. The quantitative estimate of drug-likeness (QED) is 0.496. The van der Waals surface area contributed by atoms with Crippen LogP contribution in [0, 0.1) is 0 Å². The Balaban J connectivity index is 0.00000306. The fourth-order valence-corrected chi connectivity index (χ4v) is 4.66. The summed E-state index contributed by atoms with van der Waals surface area (Å²) < 4.78 is 6.29. The van der Waals surface area contributed by atoms with Crippen LogP contribution < -0.4 is 15.0 Å². The number of likely N-dealkylation sites (N-methyl/N-ethyl adjacent to an activating group) is 1. The summed E-state index contributed by atoms with van der Waals surface area (Å²) in [4.78, 5) is 26.8. The van der Waals surface area contributed by atoms with Crippen molar-refractivity contribution in [2.45, 2.75) is 26.0 Å². The molecule has 3 heterocycles. The van der Waals surface area contributed by atoms with Crippen LogP contribution >= 0.6 is 24.8 Å². The molecule has 1 aromatic carbocycles. The van der Waals surface area contributed by atoms with Gasteiger partial charge in [0, 0.05) is 43.7 Å². The van der Waals surface area contributed by atoms with Crippen molar-refractivity contribution in [3.05, 3.63) is 70.3 Å². The van der Waals surface area contributed by atoms with E-state index in [-0.39, 0.29) is 25.5 Å². The highest BCUT2D eigenvalue weighted by Gasteiger charge is 2.27. The summed E-state index contributed by atoms with van der Waals surface area (Å²) in [6, 6.07) is 12.2. The van der Waals surface area contributed by atoms with Crippen molar-refractivity contribution < 1.29 is 9.53 Å². The van der Waals surface area contributed by atoms with Gasteiger partial charge in [0.15, 0.2) is 0 Å². The Morgan fingerprint density at radius 3 is 2.67 bits per heavy atom. The number of hydrogen-bond donors (Lipinski definition) is 1. The Labute approximate surface area is 206 Å². The van der Waals surface area contributed by atoms with E-state index in [2.05, 4.69) is 44.6 Å². The van der Waals surface area contributed by atoms with Crippen LogP contribution in [0.5, 0.6) is 5.75 Å². The number of hydrogen-bond acceptors (Lipinski definition) is 7. The van der Waals surface area contributed by atoms with Crippen LogP contribution in [0.1, 0.15) is 40.2 Å². The maximum atomic E-state index is 13.1. The van der Waals surface area contributed by atoms with Gasteiger partial charge in [-0.05, 0) is 49.7 Å². The molecular formula is C24H31N5O2S2. The lowest BCUT2D eigenvalue weighted by molar-refractivity contribution is 0.0754. The number of carbonyl (C=O) groups is 1. The van der Waals surface area contributed by atoms with E-state index >= 15 is 0 Å². The fraction of sp³-hybridized carbons (Fsp3) is 0.375. The maximum absolute atomic E-state index is 13.1. The number of benzene rings is 1. The summed E-state index contributed by atoms with van der Waals surface area (Å²) in [5.74, 6) is 1.53. The zero-order valence-corrected chi connectivity index (χ0v) is 20.8. The summed E-state index contributed by atoms with van der Waals surface area (Å²) in [6.45, 7) is 5.70. The second-order valence-corrected chi connectivity index (χ2v) is 8.70. The van der Waals surface area contributed by atoms with Gasteiger partial charge in [-0.1, -0.05) is 18.2 Å². The van der Waals surface area contributed by atoms with Crippen molar-refractivity contribution in [2.75, 3.05) is 38.1 Å². The van der Waals surface area contributed by atoms with Crippen LogP contribution in [0.3, 0.4) is 0 Å². The van der Waals surface area contributed by atoms with E-state index in [0.717, 1.165) is 43.2 Å². The topological polar surface area (TPSA) is 70.6 Å². The zero-order chi connectivity index (χ0) is 22.3. The molecule has 9 heteroatoms. The van der Waals surface area contributed by atoms with E-state index in [9.17, 15) is 4.79 Å². The molecule has 0 unspecified atom stereocenters. The number of rotatable bonds is 9. The molecule has 1 amide bonds. The Morgan fingerprint density at radius 1 is 1.18 bits per heavy atom. The van der Waals surface area contributed by atoms with Gasteiger partial charge in [0.1, 0.15) is 29.6 Å². The molecule has 0 radical (unpaired) electrons.